The summed E-state index contributed by atoms with van der Waals surface area (Å²) in [5, 5.41) is 12.2. The van der Waals surface area contributed by atoms with Crippen LogP contribution in [0.15, 0.2) is 36.0 Å². The van der Waals surface area contributed by atoms with Crippen LogP contribution in [0.3, 0.4) is 0 Å². The van der Waals surface area contributed by atoms with Crippen LogP contribution in [-0.2, 0) is 9.53 Å². The number of nitrogens with zero attached hydrogens (tertiary/aromatic N) is 2. The molecule has 0 aliphatic carbocycles. The summed E-state index contributed by atoms with van der Waals surface area (Å²) in [5.41, 5.74) is 0.670. The number of likely N-dealkylation sites (tertiary alicyclic amines) is 1. The molecular formula is C22H29N3O3. The fraction of sp³-hybridized carbons (Fsp3) is 0.500. The molecule has 1 atom stereocenters. The van der Waals surface area contributed by atoms with Crippen molar-refractivity contribution in [3.63, 3.8) is 0 Å². The van der Waals surface area contributed by atoms with Gasteiger partial charge < -0.3 is 15.0 Å². The summed E-state index contributed by atoms with van der Waals surface area (Å²) in [7, 11) is 0. The second-order valence-electron chi connectivity index (χ2n) is 6.94. The first-order valence-corrected chi connectivity index (χ1v) is 10.1. The molecule has 6 nitrogen and oxygen atoms in total. The van der Waals surface area contributed by atoms with E-state index in [0.29, 0.717) is 18.3 Å². The largest absolute Gasteiger partial charge is 0.462 e. The number of carbonyl (C=O) groups excluding carboxylic acids is 2. The van der Waals surface area contributed by atoms with E-state index in [1.54, 1.807) is 30.5 Å². The first kappa shape index (κ1) is 21.5. The number of para-hydroxylation sites is 1. The Bertz CT molecular complexity index is 752. The third kappa shape index (κ3) is 5.85. The number of nitrogens with one attached hydrogen (secondary N) is 1. The Morgan fingerprint density at radius 1 is 1.32 bits per heavy atom. The monoisotopic (exact) mass is 383 g/mol. The van der Waals surface area contributed by atoms with Gasteiger partial charge in [0.05, 0.1) is 17.9 Å². The number of benzene rings is 1. The van der Waals surface area contributed by atoms with Crippen molar-refractivity contribution in [3.8, 4) is 6.07 Å². The van der Waals surface area contributed by atoms with Crippen LogP contribution in [0.2, 0.25) is 0 Å². The van der Waals surface area contributed by atoms with E-state index in [1.807, 2.05) is 13.0 Å². The van der Waals surface area contributed by atoms with Crippen molar-refractivity contribution in [2.75, 3.05) is 18.5 Å². The van der Waals surface area contributed by atoms with E-state index in [0.717, 1.165) is 38.6 Å². The zero-order chi connectivity index (χ0) is 20.4. The van der Waals surface area contributed by atoms with Gasteiger partial charge in [0.15, 0.2) is 0 Å². The molecule has 6 heteroatoms. The van der Waals surface area contributed by atoms with E-state index in [2.05, 4.69) is 17.1 Å². The molecule has 1 aliphatic heterocycles. The lowest BCUT2D eigenvalue weighted by Crippen LogP contribution is -2.35. The molecule has 0 spiro atoms. The highest BCUT2D eigenvalue weighted by Crippen LogP contribution is 2.21. The maximum atomic E-state index is 12.7. The standard InChI is InChI=1S/C22H29N3O3/c1-3-5-14-28-22(27)19-11-6-7-12-20(19)24-21(26)17(15-23)16-25-13-9-8-10-18(25)4-2/h6-7,11-12,16,18H,3-5,8-10,13-14H2,1-2H3,(H,24,26)/b17-16-. The highest BCUT2D eigenvalue weighted by atomic mass is 16.5. The fourth-order valence-corrected chi connectivity index (χ4v) is 3.28. The van der Waals surface area contributed by atoms with Gasteiger partial charge in [-0.1, -0.05) is 32.4 Å². The summed E-state index contributed by atoms with van der Waals surface area (Å²) in [5.74, 6) is -0.995. The molecule has 1 unspecified atom stereocenters. The van der Waals surface area contributed by atoms with Gasteiger partial charge in [-0.15, -0.1) is 0 Å². The quantitative estimate of drug-likeness (QED) is 0.314. The Balaban J connectivity index is 2.13. The van der Waals surface area contributed by atoms with E-state index in [1.165, 1.54) is 6.42 Å². The Hall–Kier alpha value is -2.81. The number of hydrogen-bond acceptors (Lipinski definition) is 5. The maximum absolute atomic E-state index is 12.7. The molecule has 1 aromatic carbocycles. The first-order chi connectivity index (χ1) is 13.6. The van der Waals surface area contributed by atoms with E-state index in [9.17, 15) is 14.9 Å². The summed E-state index contributed by atoms with van der Waals surface area (Å²) in [6.07, 6.45) is 7.64. The maximum Gasteiger partial charge on any atom is 0.340 e. The molecule has 1 aromatic rings. The van der Waals surface area contributed by atoms with Crippen molar-refractivity contribution in [2.24, 2.45) is 0 Å². The van der Waals surface area contributed by atoms with Crippen molar-refractivity contribution in [1.29, 1.82) is 5.26 Å². The minimum Gasteiger partial charge on any atom is -0.462 e. The van der Waals surface area contributed by atoms with Crippen LogP contribution >= 0.6 is 0 Å². The second-order valence-corrected chi connectivity index (χ2v) is 6.94. The van der Waals surface area contributed by atoms with Crippen LogP contribution in [0, 0.1) is 11.3 Å². The highest BCUT2D eigenvalue weighted by molar-refractivity contribution is 6.09. The van der Waals surface area contributed by atoms with Crippen LogP contribution < -0.4 is 5.32 Å². The highest BCUT2D eigenvalue weighted by Gasteiger charge is 2.21. The van der Waals surface area contributed by atoms with Gasteiger partial charge in [-0.25, -0.2) is 4.79 Å². The third-order valence-electron chi connectivity index (χ3n) is 4.93. The molecule has 28 heavy (non-hydrogen) atoms. The van der Waals surface area contributed by atoms with Gasteiger partial charge in [-0.3, -0.25) is 4.79 Å². The summed E-state index contributed by atoms with van der Waals surface area (Å²) in [4.78, 5) is 27.1. The Morgan fingerprint density at radius 3 is 2.82 bits per heavy atom. The molecule has 1 aliphatic rings. The van der Waals surface area contributed by atoms with Crippen LogP contribution in [0.4, 0.5) is 5.69 Å². The summed E-state index contributed by atoms with van der Waals surface area (Å²) in [6, 6.07) is 9.04. The first-order valence-electron chi connectivity index (χ1n) is 10.1. The van der Waals surface area contributed by atoms with Crippen molar-refractivity contribution in [2.45, 2.75) is 58.4 Å². The van der Waals surface area contributed by atoms with Crippen LogP contribution in [0.1, 0.15) is 62.7 Å². The van der Waals surface area contributed by atoms with Crippen LogP contribution in [0.25, 0.3) is 0 Å². The number of rotatable bonds is 8. The van der Waals surface area contributed by atoms with Crippen molar-refractivity contribution < 1.29 is 14.3 Å². The van der Waals surface area contributed by atoms with Crippen LogP contribution in [0.5, 0.6) is 0 Å². The molecule has 1 amide bonds. The minimum absolute atomic E-state index is 0.0366. The van der Waals surface area contributed by atoms with Crippen molar-refractivity contribution in [3.05, 3.63) is 41.6 Å². The van der Waals surface area contributed by atoms with E-state index in [4.69, 9.17) is 4.74 Å². The second kappa shape index (κ2) is 11.1. The van der Waals surface area contributed by atoms with Gasteiger partial charge in [-0.05, 0) is 44.2 Å². The zero-order valence-corrected chi connectivity index (χ0v) is 16.7. The van der Waals surface area contributed by atoms with E-state index >= 15 is 0 Å². The van der Waals surface area contributed by atoms with Gasteiger partial charge in [0.25, 0.3) is 5.91 Å². The third-order valence-corrected chi connectivity index (χ3v) is 4.93. The average molecular weight is 383 g/mol. The molecule has 0 bridgehead atoms. The number of amides is 1. The number of carbonyl (C=O) groups is 2. The molecule has 0 saturated carbocycles. The number of ether oxygens (including phenoxy) is 1. The lowest BCUT2D eigenvalue weighted by Gasteiger charge is -2.34. The molecule has 1 saturated heterocycles. The Morgan fingerprint density at radius 2 is 2.11 bits per heavy atom. The predicted molar refractivity (Wildman–Crippen MR) is 109 cm³/mol. The molecule has 1 N–H and O–H groups in total. The SMILES string of the molecule is CCCCOC(=O)c1ccccc1NC(=O)/C(C#N)=C\N1CCCCC1CC. The molecule has 0 aromatic heterocycles. The Kier molecular flexibility index (Phi) is 8.54. The molecule has 2 rings (SSSR count). The van der Waals surface area contributed by atoms with Gasteiger partial charge >= 0.3 is 5.97 Å². The van der Waals surface area contributed by atoms with Crippen molar-refractivity contribution >= 4 is 17.6 Å². The van der Waals surface area contributed by atoms with E-state index in [-0.39, 0.29) is 11.1 Å². The molecular weight excluding hydrogens is 354 g/mol. The van der Waals surface area contributed by atoms with Gasteiger partial charge in [-0.2, -0.15) is 5.26 Å². The van der Waals surface area contributed by atoms with Gasteiger partial charge in [0.1, 0.15) is 11.6 Å². The lowest BCUT2D eigenvalue weighted by atomic mass is 10.0. The normalized spacial score (nSPS) is 17.0. The van der Waals surface area contributed by atoms with Gasteiger partial charge in [0.2, 0.25) is 0 Å². The number of piperidine rings is 1. The Labute approximate surface area is 167 Å². The number of unbranched alkanes of at least 4 members (excludes halogenated alkanes) is 1. The van der Waals surface area contributed by atoms with Crippen molar-refractivity contribution in [1.82, 2.24) is 4.90 Å². The molecule has 1 fully saturated rings. The number of hydrogen-bond donors (Lipinski definition) is 1. The topological polar surface area (TPSA) is 82.4 Å². The molecule has 1 heterocycles. The summed E-state index contributed by atoms with van der Waals surface area (Å²) in [6.45, 7) is 5.32. The number of esters is 1. The minimum atomic E-state index is -0.517. The zero-order valence-electron chi connectivity index (χ0n) is 16.7. The number of nitriles is 1. The lowest BCUT2D eigenvalue weighted by molar-refractivity contribution is -0.112. The van der Waals surface area contributed by atoms with Crippen LogP contribution in [-0.4, -0.2) is 36.0 Å². The summed E-state index contributed by atoms with van der Waals surface area (Å²) < 4.78 is 5.25. The summed E-state index contributed by atoms with van der Waals surface area (Å²) >= 11 is 0. The predicted octanol–water partition coefficient (Wildman–Crippen LogP) is 4.25. The van der Waals surface area contributed by atoms with Gasteiger partial charge in [0, 0.05) is 18.8 Å². The number of anilines is 1. The fourth-order valence-electron chi connectivity index (χ4n) is 3.28. The van der Waals surface area contributed by atoms with E-state index < -0.39 is 11.9 Å². The molecule has 150 valence electrons. The molecule has 0 radical (unpaired) electrons. The average Bonchev–Trinajstić information content (AvgIpc) is 2.72. The smallest absolute Gasteiger partial charge is 0.340 e.